The normalized spacial score (nSPS) is 17.5. The third-order valence-corrected chi connectivity index (χ3v) is 3.61. The summed E-state index contributed by atoms with van der Waals surface area (Å²) in [5.74, 6) is 1.63. The van der Waals surface area contributed by atoms with Crippen LogP contribution in [0.1, 0.15) is 6.42 Å². The second kappa shape index (κ2) is 7.32. The van der Waals surface area contributed by atoms with Gasteiger partial charge in [-0.1, -0.05) is 42.5 Å². The van der Waals surface area contributed by atoms with Gasteiger partial charge in [-0.3, -0.25) is 0 Å². The van der Waals surface area contributed by atoms with Crippen LogP contribution in [0, 0.1) is 5.92 Å². The first-order valence-corrected chi connectivity index (χ1v) is 6.91. The van der Waals surface area contributed by atoms with Crippen molar-refractivity contribution < 1.29 is 4.74 Å². The van der Waals surface area contributed by atoms with Crippen LogP contribution in [0.4, 0.5) is 0 Å². The Morgan fingerprint density at radius 3 is 2.30 bits per heavy atom. The summed E-state index contributed by atoms with van der Waals surface area (Å²) in [6.45, 7) is 3.03. The Morgan fingerprint density at radius 1 is 0.950 bits per heavy atom. The lowest BCUT2D eigenvalue weighted by Crippen LogP contribution is -2.15. The SMILES string of the molecule is Cl.c1ccc(-c2ccc(OCC3CCNC3)cc2)cc1. The third-order valence-electron chi connectivity index (χ3n) is 3.61. The van der Waals surface area contributed by atoms with Gasteiger partial charge in [-0.2, -0.15) is 0 Å². The molecule has 2 aromatic carbocycles. The van der Waals surface area contributed by atoms with Crippen LogP contribution < -0.4 is 10.1 Å². The van der Waals surface area contributed by atoms with Gasteiger partial charge in [0.25, 0.3) is 0 Å². The Balaban J connectivity index is 0.00000147. The van der Waals surface area contributed by atoms with Crippen LogP contribution in [-0.4, -0.2) is 19.7 Å². The van der Waals surface area contributed by atoms with E-state index in [4.69, 9.17) is 4.74 Å². The van der Waals surface area contributed by atoms with Crippen LogP contribution in [0.3, 0.4) is 0 Å². The molecule has 1 aliphatic rings. The summed E-state index contributed by atoms with van der Waals surface area (Å²) in [6.07, 6.45) is 1.22. The zero-order valence-electron chi connectivity index (χ0n) is 11.4. The first-order chi connectivity index (χ1) is 9.42. The topological polar surface area (TPSA) is 21.3 Å². The number of halogens is 1. The van der Waals surface area contributed by atoms with Gasteiger partial charge in [0.15, 0.2) is 0 Å². The zero-order chi connectivity index (χ0) is 12.9. The van der Waals surface area contributed by atoms with E-state index in [-0.39, 0.29) is 12.4 Å². The summed E-state index contributed by atoms with van der Waals surface area (Å²) in [5, 5.41) is 3.36. The molecule has 1 fully saturated rings. The maximum Gasteiger partial charge on any atom is 0.119 e. The molecule has 2 nitrogen and oxygen atoms in total. The molecule has 1 unspecified atom stereocenters. The molecule has 2 aromatic rings. The minimum Gasteiger partial charge on any atom is -0.493 e. The Hall–Kier alpha value is -1.51. The highest BCUT2D eigenvalue weighted by Crippen LogP contribution is 2.22. The highest BCUT2D eigenvalue weighted by atomic mass is 35.5. The number of benzene rings is 2. The summed E-state index contributed by atoms with van der Waals surface area (Å²) < 4.78 is 5.84. The number of rotatable bonds is 4. The standard InChI is InChI=1S/C17H19NO.ClH/c1-2-4-15(5-3-1)16-6-8-17(9-7-16)19-13-14-10-11-18-12-14;/h1-9,14,18H,10-13H2;1H. The van der Waals surface area contributed by atoms with E-state index in [1.807, 2.05) is 6.07 Å². The summed E-state index contributed by atoms with van der Waals surface area (Å²) in [5.41, 5.74) is 2.48. The maximum absolute atomic E-state index is 5.84. The number of hydrogen-bond acceptors (Lipinski definition) is 2. The fourth-order valence-corrected chi connectivity index (χ4v) is 2.44. The van der Waals surface area contributed by atoms with Gasteiger partial charge in [0, 0.05) is 12.5 Å². The molecule has 1 atom stereocenters. The van der Waals surface area contributed by atoms with E-state index in [0.29, 0.717) is 5.92 Å². The summed E-state index contributed by atoms with van der Waals surface area (Å²) in [6, 6.07) is 18.8. The molecule has 0 saturated carbocycles. The molecule has 106 valence electrons. The van der Waals surface area contributed by atoms with Gasteiger partial charge < -0.3 is 10.1 Å². The second-order valence-corrected chi connectivity index (χ2v) is 5.06. The molecule has 0 radical (unpaired) electrons. The molecule has 1 heterocycles. The minimum atomic E-state index is 0. The molecule has 1 N–H and O–H groups in total. The van der Waals surface area contributed by atoms with Crippen LogP contribution in [0.2, 0.25) is 0 Å². The fraction of sp³-hybridized carbons (Fsp3) is 0.294. The number of nitrogens with one attached hydrogen (secondary N) is 1. The second-order valence-electron chi connectivity index (χ2n) is 5.06. The summed E-state index contributed by atoms with van der Waals surface area (Å²) in [4.78, 5) is 0. The Kier molecular flexibility index (Phi) is 5.45. The van der Waals surface area contributed by atoms with Crippen LogP contribution in [0.15, 0.2) is 54.6 Å². The van der Waals surface area contributed by atoms with Crippen molar-refractivity contribution in [2.45, 2.75) is 6.42 Å². The number of ether oxygens (including phenoxy) is 1. The molecular weight excluding hydrogens is 270 g/mol. The highest BCUT2D eigenvalue weighted by Gasteiger charge is 2.14. The molecule has 0 amide bonds. The monoisotopic (exact) mass is 289 g/mol. The first-order valence-electron chi connectivity index (χ1n) is 6.91. The molecule has 0 aliphatic carbocycles. The molecule has 1 aliphatic heterocycles. The lowest BCUT2D eigenvalue weighted by Gasteiger charge is -2.11. The molecule has 3 heteroatoms. The van der Waals surface area contributed by atoms with Crippen molar-refractivity contribution in [3.8, 4) is 16.9 Å². The van der Waals surface area contributed by atoms with E-state index in [9.17, 15) is 0 Å². The minimum absolute atomic E-state index is 0. The van der Waals surface area contributed by atoms with E-state index in [1.54, 1.807) is 0 Å². The largest absolute Gasteiger partial charge is 0.493 e. The van der Waals surface area contributed by atoms with Crippen LogP contribution in [-0.2, 0) is 0 Å². The molecule has 20 heavy (non-hydrogen) atoms. The smallest absolute Gasteiger partial charge is 0.119 e. The predicted octanol–water partition coefficient (Wildman–Crippen LogP) is 3.76. The van der Waals surface area contributed by atoms with E-state index in [1.165, 1.54) is 17.5 Å². The van der Waals surface area contributed by atoms with Gasteiger partial charge in [-0.15, -0.1) is 12.4 Å². The first kappa shape index (κ1) is 14.9. The highest BCUT2D eigenvalue weighted by molar-refractivity contribution is 5.85. The Bertz CT molecular complexity index is 506. The van der Waals surface area contributed by atoms with Crippen LogP contribution in [0.25, 0.3) is 11.1 Å². The van der Waals surface area contributed by atoms with Crippen molar-refractivity contribution in [2.24, 2.45) is 5.92 Å². The van der Waals surface area contributed by atoms with Crippen molar-refractivity contribution in [1.29, 1.82) is 0 Å². The quantitative estimate of drug-likeness (QED) is 0.925. The lowest BCUT2D eigenvalue weighted by atomic mass is 10.1. The van der Waals surface area contributed by atoms with E-state index < -0.39 is 0 Å². The third kappa shape index (κ3) is 3.75. The van der Waals surface area contributed by atoms with Gasteiger partial charge in [-0.05, 0) is 36.2 Å². The van der Waals surface area contributed by atoms with Crippen molar-refractivity contribution >= 4 is 12.4 Å². The molecule has 0 bridgehead atoms. The summed E-state index contributed by atoms with van der Waals surface area (Å²) in [7, 11) is 0. The van der Waals surface area contributed by atoms with Crippen LogP contribution in [0.5, 0.6) is 5.75 Å². The van der Waals surface area contributed by atoms with Gasteiger partial charge in [0.2, 0.25) is 0 Å². The fourth-order valence-electron chi connectivity index (χ4n) is 2.44. The van der Waals surface area contributed by atoms with Crippen molar-refractivity contribution in [3.05, 3.63) is 54.6 Å². The van der Waals surface area contributed by atoms with Gasteiger partial charge in [0.05, 0.1) is 6.61 Å². The van der Waals surface area contributed by atoms with E-state index in [0.717, 1.165) is 25.4 Å². The lowest BCUT2D eigenvalue weighted by molar-refractivity contribution is 0.260. The van der Waals surface area contributed by atoms with Gasteiger partial charge in [-0.25, -0.2) is 0 Å². The van der Waals surface area contributed by atoms with Gasteiger partial charge >= 0.3 is 0 Å². The van der Waals surface area contributed by atoms with Crippen LogP contribution >= 0.6 is 12.4 Å². The molecular formula is C17H20ClNO. The Morgan fingerprint density at radius 2 is 1.65 bits per heavy atom. The van der Waals surface area contributed by atoms with E-state index >= 15 is 0 Å². The molecule has 0 aromatic heterocycles. The van der Waals surface area contributed by atoms with Crippen molar-refractivity contribution in [2.75, 3.05) is 19.7 Å². The average molecular weight is 290 g/mol. The molecule has 0 spiro atoms. The number of hydrogen-bond donors (Lipinski definition) is 1. The maximum atomic E-state index is 5.84. The Labute approximate surface area is 126 Å². The zero-order valence-corrected chi connectivity index (χ0v) is 12.2. The summed E-state index contributed by atoms with van der Waals surface area (Å²) >= 11 is 0. The van der Waals surface area contributed by atoms with E-state index in [2.05, 4.69) is 53.8 Å². The average Bonchev–Trinajstić information content (AvgIpc) is 3.00. The predicted molar refractivity (Wildman–Crippen MR) is 85.6 cm³/mol. The van der Waals surface area contributed by atoms with Crippen molar-refractivity contribution in [3.63, 3.8) is 0 Å². The molecule has 1 saturated heterocycles. The van der Waals surface area contributed by atoms with Gasteiger partial charge in [0.1, 0.15) is 5.75 Å². The van der Waals surface area contributed by atoms with Crippen molar-refractivity contribution in [1.82, 2.24) is 5.32 Å². The molecule has 3 rings (SSSR count).